The summed E-state index contributed by atoms with van der Waals surface area (Å²) in [4.78, 5) is 0. The molecule has 0 radical (unpaired) electrons. The number of hydrogen-bond acceptors (Lipinski definition) is 3. The Balaban J connectivity index is 2.26. The van der Waals surface area contributed by atoms with E-state index in [0.29, 0.717) is 0 Å². The first-order valence-electron chi connectivity index (χ1n) is 7.88. The lowest BCUT2D eigenvalue weighted by Crippen LogP contribution is -2.23. The van der Waals surface area contributed by atoms with Gasteiger partial charge in [-0.25, -0.2) is 0 Å². The van der Waals surface area contributed by atoms with Gasteiger partial charge in [-0.2, -0.15) is 10.2 Å². The van der Waals surface area contributed by atoms with E-state index in [4.69, 9.17) is 0 Å². The van der Waals surface area contributed by atoms with Crippen molar-refractivity contribution in [3.05, 3.63) is 34.9 Å². The van der Waals surface area contributed by atoms with Crippen molar-refractivity contribution in [3.8, 4) is 0 Å². The van der Waals surface area contributed by atoms with E-state index in [1.807, 2.05) is 18.8 Å². The molecule has 0 saturated heterocycles. The molecule has 2 heterocycles. The molecule has 2 aromatic heterocycles. The molecule has 1 unspecified atom stereocenters. The van der Waals surface area contributed by atoms with Crippen molar-refractivity contribution >= 4 is 0 Å². The molecule has 0 aliphatic carbocycles. The molecule has 0 aliphatic rings. The fourth-order valence-corrected chi connectivity index (χ4v) is 2.69. The number of rotatable bonds is 7. The van der Waals surface area contributed by atoms with Crippen LogP contribution >= 0.6 is 0 Å². The molecule has 0 aromatic carbocycles. The molecule has 0 amide bonds. The first kappa shape index (κ1) is 15.8. The SMILES string of the molecule is CCc1cc(CC(NC)c2cc(CC)nn2CC)n(C)n1. The molecule has 21 heavy (non-hydrogen) atoms. The van der Waals surface area contributed by atoms with Crippen LogP contribution in [0.5, 0.6) is 0 Å². The van der Waals surface area contributed by atoms with Gasteiger partial charge in [0.05, 0.1) is 23.1 Å². The predicted molar refractivity (Wildman–Crippen MR) is 85.4 cm³/mol. The number of likely N-dealkylation sites (N-methyl/N-ethyl adjacent to an activating group) is 1. The Morgan fingerprint density at radius 1 is 1.10 bits per heavy atom. The van der Waals surface area contributed by atoms with E-state index >= 15 is 0 Å². The van der Waals surface area contributed by atoms with Gasteiger partial charge < -0.3 is 5.32 Å². The Hall–Kier alpha value is -1.62. The average molecular weight is 289 g/mol. The highest BCUT2D eigenvalue weighted by atomic mass is 15.3. The molecule has 1 atom stereocenters. The largest absolute Gasteiger partial charge is 0.311 e. The fourth-order valence-electron chi connectivity index (χ4n) is 2.69. The average Bonchev–Trinajstić information content (AvgIpc) is 3.07. The van der Waals surface area contributed by atoms with Gasteiger partial charge >= 0.3 is 0 Å². The van der Waals surface area contributed by atoms with Crippen LogP contribution in [0, 0.1) is 0 Å². The summed E-state index contributed by atoms with van der Waals surface area (Å²) in [5, 5.41) is 12.6. The molecule has 0 aliphatic heterocycles. The highest BCUT2D eigenvalue weighted by Gasteiger charge is 2.18. The summed E-state index contributed by atoms with van der Waals surface area (Å²) in [6.07, 6.45) is 2.88. The Labute approximate surface area is 127 Å². The van der Waals surface area contributed by atoms with E-state index in [0.717, 1.165) is 37.2 Å². The fraction of sp³-hybridized carbons (Fsp3) is 0.625. The van der Waals surface area contributed by atoms with E-state index in [1.54, 1.807) is 0 Å². The van der Waals surface area contributed by atoms with Crippen LogP contribution < -0.4 is 5.32 Å². The maximum Gasteiger partial charge on any atom is 0.0625 e. The molecule has 5 nitrogen and oxygen atoms in total. The van der Waals surface area contributed by atoms with Crippen molar-refractivity contribution in [1.29, 1.82) is 0 Å². The molecular formula is C16H27N5. The monoisotopic (exact) mass is 289 g/mol. The third kappa shape index (κ3) is 3.35. The van der Waals surface area contributed by atoms with Crippen molar-refractivity contribution < 1.29 is 0 Å². The zero-order valence-electron chi connectivity index (χ0n) is 13.8. The topological polar surface area (TPSA) is 47.7 Å². The minimum Gasteiger partial charge on any atom is -0.311 e. The lowest BCUT2D eigenvalue weighted by Gasteiger charge is -2.17. The van der Waals surface area contributed by atoms with Gasteiger partial charge in [-0.1, -0.05) is 13.8 Å². The smallest absolute Gasteiger partial charge is 0.0625 e. The summed E-state index contributed by atoms with van der Waals surface area (Å²) in [5.74, 6) is 0. The van der Waals surface area contributed by atoms with Crippen LogP contribution in [0.25, 0.3) is 0 Å². The Bertz CT molecular complexity index is 582. The number of aryl methyl sites for hydroxylation is 4. The predicted octanol–water partition coefficient (Wildman–Crippen LogP) is 2.26. The molecule has 5 heteroatoms. The standard InChI is InChI=1S/C16H27N5/c1-6-12-9-14(20(5)18-12)11-15(17-4)16-10-13(7-2)19-21(16)8-3/h9-10,15,17H,6-8,11H2,1-5H3. The van der Waals surface area contributed by atoms with Crippen molar-refractivity contribution in [1.82, 2.24) is 24.9 Å². The van der Waals surface area contributed by atoms with Crippen LogP contribution in [-0.2, 0) is 32.9 Å². The second-order valence-electron chi connectivity index (χ2n) is 5.38. The molecule has 0 fully saturated rings. The van der Waals surface area contributed by atoms with Crippen molar-refractivity contribution in [3.63, 3.8) is 0 Å². The summed E-state index contributed by atoms with van der Waals surface area (Å²) in [7, 11) is 4.04. The Kier molecular flexibility index (Phi) is 5.17. The minimum atomic E-state index is 0.262. The Morgan fingerprint density at radius 2 is 1.76 bits per heavy atom. The molecule has 2 aromatic rings. The lowest BCUT2D eigenvalue weighted by molar-refractivity contribution is 0.499. The van der Waals surface area contributed by atoms with Gasteiger partial charge in [-0.3, -0.25) is 9.36 Å². The molecular weight excluding hydrogens is 262 g/mol. The van der Waals surface area contributed by atoms with E-state index in [-0.39, 0.29) is 6.04 Å². The highest BCUT2D eigenvalue weighted by Crippen LogP contribution is 2.20. The van der Waals surface area contributed by atoms with Crippen LogP contribution in [0.4, 0.5) is 0 Å². The van der Waals surface area contributed by atoms with E-state index in [9.17, 15) is 0 Å². The van der Waals surface area contributed by atoms with Gasteiger partial charge in [-0.05, 0) is 38.9 Å². The van der Waals surface area contributed by atoms with Crippen molar-refractivity contribution in [2.45, 2.75) is 52.6 Å². The number of nitrogens with one attached hydrogen (secondary N) is 1. The van der Waals surface area contributed by atoms with Gasteiger partial charge in [0, 0.05) is 25.7 Å². The highest BCUT2D eigenvalue weighted by molar-refractivity contribution is 5.19. The molecule has 0 bridgehead atoms. The molecule has 0 spiro atoms. The van der Waals surface area contributed by atoms with Gasteiger partial charge in [0.2, 0.25) is 0 Å². The molecule has 0 saturated carbocycles. The zero-order valence-corrected chi connectivity index (χ0v) is 13.8. The number of nitrogens with zero attached hydrogens (tertiary/aromatic N) is 4. The normalized spacial score (nSPS) is 12.8. The third-order valence-corrected chi connectivity index (χ3v) is 4.03. The summed E-state index contributed by atoms with van der Waals surface area (Å²) < 4.78 is 4.10. The molecule has 2 rings (SSSR count). The van der Waals surface area contributed by atoms with Crippen LogP contribution in [0.15, 0.2) is 12.1 Å². The summed E-state index contributed by atoms with van der Waals surface area (Å²) in [6.45, 7) is 7.33. The van der Waals surface area contributed by atoms with Crippen molar-refractivity contribution in [2.75, 3.05) is 7.05 Å². The summed E-state index contributed by atoms with van der Waals surface area (Å²) >= 11 is 0. The first-order valence-corrected chi connectivity index (χ1v) is 7.88. The lowest BCUT2D eigenvalue weighted by atomic mass is 10.1. The van der Waals surface area contributed by atoms with Crippen LogP contribution in [0.3, 0.4) is 0 Å². The van der Waals surface area contributed by atoms with Gasteiger partial charge in [0.25, 0.3) is 0 Å². The summed E-state index contributed by atoms with van der Waals surface area (Å²) in [6, 6.07) is 4.69. The number of hydrogen-bond donors (Lipinski definition) is 1. The van der Waals surface area contributed by atoms with Gasteiger partial charge in [0.15, 0.2) is 0 Å². The van der Waals surface area contributed by atoms with E-state index in [1.165, 1.54) is 11.4 Å². The Morgan fingerprint density at radius 3 is 2.29 bits per heavy atom. The zero-order chi connectivity index (χ0) is 15.4. The second kappa shape index (κ2) is 6.89. The van der Waals surface area contributed by atoms with Crippen LogP contribution in [0.1, 0.15) is 49.6 Å². The maximum absolute atomic E-state index is 4.66. The van der Waals surface area contributed by atoms with Crippen molar-refractivity contribution in [2.24, 2.45) is 7.05 Å². The van der Waals surface area contributed by atoms with Gasteiger partial charge in [0.1, 0.15) is 0 Å². The second-order valence-corrected chi connectivity index (χ2v) is 5.38. The quantitative estimate of drug-likeness (QED) is 0.850. The van der Waals surface area contributed by atoms with Crippen LogP contribution in [0.2, 0.25) is 0 Å². The first-order chi connectivity index (χ1) is 10.1. The maximum atomic E-state index is 4.66. The number of aromatic nitrogens is 4. The minimum absolute atomic E-state index is 0.262. The van der Waals surface area contributed by atoms with Gasteiger partial charge in [-0.15, -0.1) is 0 Å². The third-order valence-electron chi connectivity index (χ3n) is 4.03. The van der Waals surface area contributed by atoms with Crippen LogP contribution in [-0.4, -0.2) is 26.6 Å². The van der Waals surface area contributed by atoms with E-state index in [2.05, 4.69) is 53.1 Å². The summed E-state index contributed by atoms with van der Waals surface area (Å²) in [5.41, 5.74) is 4.83. The molecule has 1 N–H and O–H groups in total. The molecule has 116 valence electrons. The van der Waals surface area contributed by atoms with E-state index < -0.39 is 0 Å².